The molecule has 6 nitrogen and oxygen atoms in total. The molecule has 1 heterocycles. The van der Waals surface area contributed by atoms with Crippen molar-refractivity contribution in [2.75, 3.05) is 6.61 Å². The number of hydrogen-bond donors (Lipinski definition) is 1. The van der Waals surface area contributed by atoms with Crippen LogP contribution in [0.3, 0.4) is 0 Å². The van der Waals surface area contributed by atoms with Gasteiger partial charge in [0.1, 0.15) is 18.8 Å². The molecule has 0 aromatic heterocycles. The van der Waals surface area contributed by atoms with Gasteiger partial charge >= 0.3 is 11.9 Å². The van der Waals surface area contributed by atoms with E-state index in [0.717, 1.165) is 0 Å². The van der Waals surface area contributed by atoms with E-state index in [2.05, 4.69) is 0 Å². The zero-order valence-electron chi connectivity index (χ0n) is 9.34. The Hall–Kier alpha value is -1.14. The summed E-state index contributed by atoms with van der Waals surface area (Å²) in [6, 6.07) is 0. The summed E-state index contributed by atoms with van der Waals surface area (Å²) >= 11 is 0. The largest absolute Gasteiger partial charge is 0.463 e. The third kappa shape index (κ3) is 4.16. The van der Waals surface area contributed by atoms with E-state index in [1.54, 1.807) is 0 Å². The minimum Gasteiger partial charge on any atom is -0.463 e. The Morgan fingerprint density at radius 2 is 2.00 bits per heavy atom. The lowest BCUT2D eigenvalue weighted by Gasteiger charge is -2.33. The molecule has 1 saturated heterocycles. The van der Waals surface area contributed by atoms with Crippen molar-refractivity contribution in [3.63, 3.8) is 0 Å². The highest BCUT2D eigenvalue weighted by Crippen LogP contribution is 2.21. The molecule has 3 atom stereocenters. The molecule has 1 rings (SSSR count). The second-order valence-corrected chi connectivity index (χ2v) is 3.66. The van der Waals surface area contributed by atoms with Crippen molar-refractivity contribution in [3.8, 4) is 0 Å². The van der Waals surface area contributed by atoms with Crippen LogP contribution >= 0.6 is 0 Å². The van der Waals surface area contributed by atoms with Crippen molar-refractivity contribution in [2.24, 2.45) is 0 Å². The smallest absolute Gasteiger partial charge is 0.302 e. The van der Waals surface area contributed by atoms with Crippen molar-refractivity contribution in [1.82, 2.24) is 0 Å². The van der Waals surface area contributed by atoms with E-state index in [0.29, 0.717) is 12.8 Å². The lowest BCUT2D eigenvalue weighted by molar-refractivity contribution is -0.221. The fourth-order valence-electron chi connectivity index (χ4n) is 1.54. The fourth-order valence-corrected chi connectivity index (χ4v) is 1.54. The SMILES string of the molecule is CC(=O)OC[C@H]1OC(O)CC[C@@H]1OC(C)=O. The highest BCUT2D eigenvalue weighted by molar-refractivity contribution is 5.66. The van der Waals surface area contributed by atoms with Gasteiger partial charge in [-0.05, 0) is 6.42 Å². The monoisotopic (exact) mass is 232 g/mol. The number of carbonyl (C=O) groups excluding carboxylic acids is 2. The molecule has 6 heteroatoms. The molecule has 92 valence electrons. The highest BCUT2D eigenvalue weighted by Gasteiger charge is 2.33. The van der Waals surface area contributed by atoms with Gasteiger partial charge in [0.2, 0.25) is 0 Å². The quantitative estimate of drug-likeness (QED) is 0.688. The Kier molecular flexibility index (Phi) is 4.70. The van der Waals surface area contributed by atoms with Crippen LogP contribution in [0.5, 0.6) is 0 Å². The molecule has 16 heavy (non-hydrogen) atoms. The zero-order valence-corrected chi connectivity index (χ0v) is 9.34. The molecular formula is C10H16O6. The van der Waals surface area contributed by atoms with Gasteiger partial charge in [0.25, 0.3) is 0 Å². The molecule has 0 bridgehead atoms. The molecule has 0 amide bonds. The maximum absolute atomic E-state index is 10.8. The summed E-state index contributed by atoms with van der Waals surface area (Å²) in [4.78, 5) is 21.5. The average molecular weight is 232 g/mol. The summed E-state index contributed by atoms with van der Waals surface area (Å²) in [6.45, 7) is 2.55. The first-order valence-electron chi connectivity index (χ1n) is 5.13. The van der Waals surface area contributed by atoms with Gasteiger partial charge in [-0.25, -0.2) is 0 Å². The minimum atomic E-state index is -0.896. The van der Waals surface area contributed by atoms with E-state index in [4.69, 9.17) is 14.2 Å². The first kappa shape index (κ1) is 12.9. The number of esters is 2. The molecule has 0 radical (unpaired) electrons. The summed E-state index contributed by atoms with van der Waals surface area (Å²) in [5.74, 6) is -0.858. The summed E-state index contributed by atoms with van der Waals surface area (Å²) in [7, 11) is 0. The summed E-state index contributed by atoms with van der Waals surface area (Å²) in [5, 5.41) is 9.29. The molecule has 0 saturated carbocycles. The molecule has 0 aromatic carbocycles. The Balaban J connectivity index is 2.50. The van der Waals surface area contributed by atoms with Gasteiger partial charge in [0, 0.05) is 20.3 Å². The number of rotatable bonds is 3. The first-order valence-corrected chi connectivity index (χ1v) is 5.13. The van der Waals surface area contributed by atoms with E-state index in [9.17, 15) is 14.7 Å². The highest BCUT2D eigenvalue weighted by atomic mass is 16.6. The van der Waals surface area contributed by atoms with Crippen LogP contribution in [0.2, 0.25) is 0 Å². The van der Waals surface area contributed by atoms with Gasteiger partial charge in [0.15, 0.2) is 6.29 Å². The molecule has 0 spiro atoms. The van der Waals surface area contributed by atoms with E-state index < -0.39 is 30.4 Å². The van der Waals surface area contributed by atoms with Crippen molar-refractivity contribution in [2.45, 2.75) is 45.2 Å². The summed E-state index contributed by atoms with van der Waals surface area (Å²) in [5.41, 5.74) is 0. The van der Waals surface area contributed by atoms with Gasteiger partial charge in [-0.3, -0.25) is 9.59 Å². The Bertz CT molecular complexity index is 264. The third-order valence-electron chi connectivity index (χ3n) is 2.21. The molecule has 1 unspecified atom stereocenters. The summed E-state index contributed by atoms with van der Waals surface area (Å²) in [6.07, 6.45) is -1.08. The van der Waals surface area contributed by atoms with E-state index >= 15 is 0 Å². The Morgan fingerprint density at radius 1 is 1.31 bits per heavy atom. The standard InChI is InChI=1S/C10H16O6/c1-6(11)14-5-9-8(15-7(2)12)3-4-10(13)16-9/h8-10,13H,3-5H2,1-2H3/t8-,9+,10?/m0/s1. The second-order valence-electron chi connectivity index (χ2n) is 3.66. The minimum absolute atomic E-state index is 0.0235. The normalized spacial score (nSPS) is 29.6. The van der Waals surface area contributed by atoms with Crippen LogP contribution in [0.25, 0.3) is 0 Å². The van der Waals surface area contributed by atoms with Crippen LogP contribution in [0.1, 0.15) is 26.7 Å². The Labute approximate surface area is 93.5 Å². The van der Waals surface area contributed by atoms with Crippen molar-refractivity contribution < 1.29 is 28.9 Å². The van der Waals surface area contributed by atoms with Crippen LogP contribution in [-0.2, 0) is 23.8 Å². The molecule has 0 aliphatic carbocycles. The lowest BCUT2D eigenvalue weighted by atomic mass is 10.1. The lowest BCUT2D eigenvalue weighted by Crippen LogP contribution is -2.44. The number of aliphatic hydroxyl groups excluding tert-OH is 1. The molecular weight excluding hydrogens is 216 g/mol. The molecule has 1 fully saturated rings. The average Bonchev–Trinajstić information content (AvgIpc) is 2.17. The van der Waals surface area contributed by atoms with Gasteiger partial charge in [-0.1, -0.05) is 0 Å². The van der Waals surface area contributed by atoms with Gasteiger partial charge in [-0.15, -0.1) is 0 Å². The number of hydrogen-bond acceptors (Lipinski definition) is 6. The van der Waals surface area contributed by atoms with Crippen LogP contribution in [0.4, 0.5) is 0 Å². The van der Waals surface area contributed by atoms with E-state index in [1.165, 1.54) is 13.8 Å². The predicted octanol–water partition coefficient (Wildman–Crippen LogP) is -0.0214. The summed E-state index contributed by atoms with van der Waals surface area (Å²) < 4.78 is 14.9. The fraction of sp³-hybridized carbons (Fsp3) is 0.800. The van der Waals surface area contributed by atoms with Crippen LogP contribution in [0.15, 0.2) is 0 Å². The van der Waals surface area contributed by atoms with Crippen molar-refractivity contribution in [1.29, 1.82) is 0 Å². The van der Waals surface area contributed by atoms with Crippen molar-refractivity contribution in [3.05, 3.63) is 0 Å². The van der Waals surface area contributed by atoms with Crippen molar-refractivity contribution >= 4 is 11.9 Å². The van der Waals surface area contributed by atoms with Gasteiger partial charge < -0.3 is 19.3 Å². The Morgan fingerprint density at radius 3 is 2.56 bits per heavy atom. The van der Waals surface area contributed by atoms with E-state index in [1.807, 2.05) is 0 Å². The molecule has 1 aliphatic rings. The van der Waals surface area contributed by atoms with E-state index in [-0.39, 0.29) is 6.61 Å². The van der Waals surface area contributed by atoms with Gasteiger partial charge in [-0.2, -0.15) is 0 Å². The van der Waals surface area contributed by atoms with Gasteiger partial charge in [0.05, 0.1) is 0 Å². The topological polar surface area (TPSA) is 82.1 Å². The molecule has 1 N–H and O–H groups in total. The maximum Gasteiger partial charge on any atom is 0.302 e. The molecule has 1 aliphatic heterocycles. The first-order chi connectivity index (χ1) is 7.49. The third-order valence-corrected chi connectivity index (χ3v) is 2.21. The number of carbonyl (C=O) groups is 2. The molecule has 0 aromatic rings. The second kappa shape index (κ2) is 5.81. The maximum atomic E-state index is 10.8. The van der Waals surface area contributed by atoms with Crippen LogP contribution in [0, 0.1) is 0 Å². The van der Waals surface area contributed by atoms with Crippen LogP contribution in [-0.4, -0.2) is 42.1 Å². The number of aliphatic hydroxyl groups is 1. The predicted molar refractivity (Wildman–Crippen MR) is 52.3 cm³/mol. The van der Waals surface area contributed by atoms with Crippen LogP contribution < -0.4 is 0 Å². The zero-order chi connectivity index (χ0) is 12.1. The number of ether oxygens (including phenoxy) is 3.